The van der Waals surface area contributed by atoms with Gasteiger partial charge in [-0.1, -0.05) is 0 Å². The van der Waals surface area contributed by atoms with Crippen molar-refractivity contribution in [2.24, 2.45) is 0 Å². The zero-order chi connectivity index (χ0) is 18.7. The highest BCUT2D eigenvalue weighted by Crippen LogP contribution is 2.39. The quantitative estimate of drug-likeness (QED) is 0.874. The molecule has 0 saturated carbocycles. The van der Waals surface area contributed by atoms with Gasteiger partial charge < -0.3 is 19.7 Å². The van der Waals surface area contributed by atoms with Gasteiger partial charge in [-0.2, -0.15) is 0 Å². The van der Waals surface area contributed by atoms with Crippen molar-refractivity contribution in [3.05, 3.63) is 53.3 Å². The molecule has 138 valence electrons. The molecule has 0 aromatic heterocycles. The number of halogens is 1. The molecular weight excluding hydrogens is 335 g/mol. The maximum Gasteiger partial charge on any atom is 0.322 e. The van der Waals surface area contributed by atoms with Gasteiger partial charge in [0.2, 0.25) is 0 Å². The summed E-state index contributed by atoms with van der Waals surface area (Å²) in [6.45, 7) is 2.32. The number of carbonyl (C=O) groups excluding carboxylic acids is 1. The van der Waals surface area contributed by atoms with E-state index < -0.39 is 0 Å². The summed E-state index contributed by atoms with van der Waals surface area (Å²) < 4.78 is 24.2. The van der Waals surface area contributed by atoms with Crippen molar-refractivity contribution < 1.29 is 18.7 Å². The first-order chi connectivity index (χ1) is 12.5. The summed E-state index contributed by atoms with van der Waals surface area (Å²) >= 11 is 0. The number of ether oxygens (including phenoxy) is 2. The molecule has 1 aliphatic rings. The predicted octanol–water partition coefficient (Wildman–Crippen LogP) is 4.52. The number of hydrogen-bond donors (Lipinski definition) is 1. The molecule has 5 nitrogen and oxygen atoms in total. The summed E-state index contributed by atoms with van der Waals surface area (Å²) in [6, 6.07) is 9.86. The Bertz CT molecular complexity index is 810. The average Bonchev–Trinajstić information content (AvgIpc) is 3.14. The van der Waals surface area contributed by atoms with E-state index in [1.165, 1.54) is 6.07 Å². The first-order valence-corrected chi connectivity index (χ1v) is 8.59. The summed E-state index contributed by atoms with van der Waals surface area (Å²) in [6.07, 6.45) is 1.75. The fraction of sp³-hybridized carbons (Fsp3) is 0.350. The van der Waals surface area contributed by atoms with Gasteiger partial charge in [0.15, 0.2) is 0 Å². The van der Waals surface area contributed by atoms with E-state index in [4.69, 9.17) is 9.47 Å². The second-order valence-electron chi connectivity index (χ2n) is 6.35. The van der Waals surface area contributed by atoms with Crippen molar-refractivity contribution in [3.8, 4) is 11.5 Å². The number of hydrogen-bond acceptors (Lipinski definition) is 3. The normalized spacial score (nSPS) is 16.5. The summed E-state index contributed by atoms with van der Waals surface area (Å²) in [5, 5.41) is 2.87. The fourth-order valence-corrected chi connectivity index (χ4v) is 3.35. The highest BCUT2D eigenvalue weighted by molar-refractivity contribution is 5.90. The van der Waals surface area contributed by atoms with E-state index >= 15 is 0 Å². The van der Waals surface area contributed by atoms with Gasteiger partial charge in [0.05, 0.1) is 20.3 Å². The first-order valence-electron chi connectivity index (χ1n) is 8.59. The van der Waals surface area contributed by atoms with Crippen LogP contribution in [0, 0.1) is 12.7 Å². The van der Waals surface area contributed by atoms with E-state index in [-0.39, 0.29) is 17.9 Å². The number of carbonyl (C=O) groups is 1. The molecule has 1 N–H and O–H groups in total. The summed E-state index contributed by atoms with van der Waals surface area (Å²) in [4.78, 5) is 14.6. The van der Waals surface area contributed by atoms with Gasteiger partial charge in [-0.3, -0.25) is 0 Å². The Balaban J connectivity index is 1.83. The molecule has 1 atom stereocenters. The molecule has 2 aromatic rings. The van der Waals surface area contributed by atoms with Gasteiger partial charge in [-0.05, 0) is 61.7 Å². The standard InChI is InChI=1S/C20H23FN2O3/c1-13-11-14(6-8-17(13)21)22-20(24)23-10-4-5-18(23)16-12-15(25-2)7-9-19(16)26-3/h6-9,11-12,18H,4-5,10H2,1-3H3,(H,22,24). The Morgan fingerprint density at radius 2 is 2.00 bits per heavy atom. The van der Waals surface area contributed by atoms with Crippen LogP contribution in [0.5, 0.6) is 11.5 Å². The highest BCUT2D eigenvalue weighted by atomic mass is 19.1. The van der Waals surface area contributed by atoms with Crippen LogP contribution < -0.4 is 14.8 Å². The minimum Gasteiger partial charge on any atom is -0.497 e. The van der Waals surface area contributed by atoms with E-state index in [0.717, 1.165) is 29.9 Å². The van der Waals surface area contributed by atoms with Gasteiger partial charge in [0.25, 0.3) is 0 Å². The second-order valence-corrected chi connectivity index (χ2v) is 6.35. The number of rotatable bonds is 4. The maximum absolute atomic E-state index is 13.4. The van der Waals surface area contributed by atoms with Crippen molar-refractivity contribution in [2.75, 3.05) is 26.1 Å². The maximum atomic E-state index is 13.4. The van der Waals surface area contributed by atoms with Crippen molar-refractivity contribution in [1.29, 1.82) is 0 Å². The van der Waals surface area contributed by atoms with Crippen LogP contribution in [0.1, 0.15) is 30.0 Å². The van der Waals surface area contributed by atoms with Crippen LogP contribution in [0.25, 0.3) is 0 Å². The third kappa shape index (κ3) is 3.59. The van der Waals surface area contributed by atoms with Crippen molar-refractivity contribution in [1.82, 2.24) is 4.90 Å². The van der Waals surface area contributed by atoms with Crippen LogP contribution in [-0.2, 0) is 0 Å². The largest absolute Gasteiger partial charge is 0.497 e. The van der Waals surface area contributed by atoms with E-state index in [1.807, 2.05) is 18.2 Å². The van der Waals surface area contributed by atoms with E-state index in [2.05, 4.69) is 5.32 Å². The number of anilines is 1. The number of nitrogens with one attached hydrogen (secondary N) is 1. The zero-order valence-electron chi connectivity index (χ0n) is 15.2. The molecule has 1 aliphatic heterocycles. The van der Waals surface area contributed by atoms with Crippen LogP contribution in [0.4, 0.5) is 14.9 Å². The van der Waals surface area contributed by atoms with Crippen LogP contribution in [0.15, 0.2) is 36.4 Å². The average molecular weight is 358 g/mol. The lowest BCUT2D eigenvalue weighted by molar-refractivity contribution is 0.206. The van der Waals surface area contributed by atoms with E-state index in [9.17, 15) is 9.18 Å². The van der Waals surface area contributed by atoms with Crippen LogP contribution >= 0.6 is 0 Å². The van der Waals surface area contributed by atoms with E-state index in [1.54, 1.807) is 38.2 Å². The molecule has 6 heteroatoms. The number of likely N-dealkylation sites (tertiary alicyclic amines) is 1. The smallest absolute Gasteiger partial charge is 0.322 e. The van der Waals surface area contributed by atoms with Crippen molar-refractivity contribution >= 4 is 11.7 Å². The molecule has 2 amide bonds. The molecule has 1 saturated heterocycles. The third-order valence-corrected chi connectivity index (χ3v) is 4.72. The Kier molecular flexibility index (Phi) is 5.30. The second kappa shape index (κ2) is 7.64. The number of methoxy groups -OCH3 is 2. The van der Waals surface area contributed by atoms with Crippen LogP contribution in [0.3, 0.4) is 0 Å². The monoisotopic (exact) mass is 358 g/mol. The zero-order valence-corrected chi connectivity index (χ0v) is 15.2. The highest BCUT2D eigenvalue weighted by Gasteiger charge is 2.32. The summed E-state index contributed by atoms with van der Waals surface area (Å²) in [5.41, 5.74) is 2.00. The van der Waals surface area contributed by atoms with E-state index in [0.29, 0.717) is 17.8 Å². The topological polar surface area (TPSA) is 50.8 Å². The Labute approximate surface area is 152 Å². The molecule has 0 radical (unpaired) electrons. The number of nitrogens with zero attached hydrogens (tertiary/aromatic N) is 1. The molecule has 1 fully saturated rings. The fourth-order valence-electron chi connectivity index (χ4n) is 3.35. The Morgan fingerprint density at radius 1 is 1.19 bits per heavy atom. The third-order valence-electron chi connectivity index (χ3n) is 4.72. The van der Waals surface area contributed by atoms with Crippen LogP contribution in [-0.4, -0.2) is 31.7 Å². The molecule has 0 spiro atoms. The summed E-state index contributed by atoms with van der Waals surface area (Å²) in [7, 11) is 3.23. The molecule has 1 heterocycles. The van der Waals surface area contributed by atoms with Gasteiger partial charge >= 0.3 is 6.03 Å². The lowest BCUT2D eigenvalue weighted by atomic mass is 10.0. The molecule has 2 aromatic carbocycles. The Morgan fingerprint density at radius 3 is 2.69 bits per heavy atom. The van der Waals surface area contributed by atoms with Gasteiger partial charge in [-0.15, -0.1) is 0 Å². The number of benzene rings is 2. The minimum absolute atomic E-state index is 0.0957. The molecule has 1 unspecified atom stereocenters. The number of aryl methyl sites for hydroxylation is 1. The van der Waals surface area contributed by atoms with Gasteiger partial charge in [-0.25, -0.2) is 9.18 Å². The lowest BCUT2D eigenvalue weighted by Crippen LogP contribution is -2.34. The molecule has 0 aliphatic carbocycles. The molecular formula is C20H23FN2O3. The van der Waals surface area contributed by atoms with Crippen molar-refractivity contribution in [2.45, 2.75) is 25.8 Å². The summed E-state index contributed by atoms with van der Waals surface area (Å²) in [5.74, 6) is 1.17. The van der Waals surface area contributed by atoms with Gasteiger partial charge in [0, 0.05) is 17.8 Å². The number of urea groups is 1. The van der Waals surface area contributed by atoms with Gasteiger partial charge in [0.1, 0.15) is 17.3 Å². The molecule has 3 rings (SSSR count). The molecule has 26 heavy (non-hydrogen) atoms. The minimum atomic E-state index is -0.289. The Hall–Kier alpha value is -2.76. The lowest BCUT2D eigenvalue weighted by Gasteiger charge is -2.27. The SMILES string of the molecule is COc1ccc(OC)c(C2CCCN2C(=O)Nc2ccc(F)c(C)c2)c1. The number of amides is 2. The molecule has 0 bridgehead atoms. The first kappa shape index (κ1) is 18.0. The van der Waals surface area contributed by atoms with Crippen molar-refractivity contribution in [3.63, 3.8) is 0 Å². The predicted molar refractivity (Wildman–Crippen MR) is 98.4 cm³/mol. The van der Waals surface area contributed by atoms with Crippen LogP contribution in [0.2, 0.25) is 0 Å².